The lowest BCUT2D eigenvalue weighted by atomic mass is 10.1. The van der Waals surface area contributed by atoms with Gasteiger partial charge in [0.15, 0.2) is 6.10 Å². The summed E-state index contributed by atoms with van der Waals surface area (Å²) in [5.74, 6) is -0.115. The Labute approximate surface area is 141 Å². The number of amides is 1. The summed E-state index contributed by atoms with van der Waals surface area (Å²) in [6, 6.07) is 14.2. The molecule has 2 aromatic carbocycles. The standard InChI is InChI=1S/C19H21NO4/c1-4-23-19(22)14(3)24-16-11-9-15(10-12-16)18(21)20-17-8-6-5-7-13(17)2/h5-12,14H,4H2,1-3H3,(H,20,21)/t14-/m1/s1. The number of carbonyl (C=O) groups excluding carboxylic acids is 2. The van der Waals surface area contributed by atoms with Gasteiger partial charge in [-0.25, -0.2) is 4.79 Å². The molecule has 0 spiro atoms. The van der Waals surface area contributed by atoms with Crippen molar-refractivity contribution < 1.29 is 19.1 Å². The van der Waals surface area contributed by atoms with Crippen LogP contribution in [0.2, 0.25) is 0 Å². The Balaban J connectivity index is 2.00. The molecule has 0 radical (unpaired) electrons. The molecule has 0 saturated carbocycles. The molecule has 24 heavy (non-hydrogen) atoms. The Bertz CT molecular complexity index is 710. The number of carbonyl (C=O) groups is 2. The molecule has 2 rings (SSSR count). The lowest BCUT2D eigenvalue weighted by molar-refractivity contribution is -0.150. The van der Waals surface area contributed by atoms with E-state index in [4.69, 9.17) is 9.47 Å². The quantitative estimate of drug-likeness (QED) is 0.824. The highest BCUT2D eigenvalue weighted by Gasteiger charge is 2.16. The fourth-order valence-corrected chi connectivity index (χ4v) is 2.10. The summed E-state index contributed by atoms with van der Waals surface area (Å²) >= 11 is 0. The number of rotatable bonds is 6. The highest BCUT2D eigenvalue weighted by Crippen LogP contribution is 2.17. The van der Waals surface area contributed by atoms with Crippen LogP contribution >= 0.6 is 0 Å². The predicted octanol–water partition coefficient (Wildman–Crippen LogP) is 3.58. The van der Waals surface area contributed by atoms with Gasteiger partial charge in [0.2, 0.25) is 0 Å². The molecule has 0 heterocycles. The van der Waals surface area contributed by atoms with Crippen molar-refractivity contribution >= 4 is 17.6 Å². The minimum absolute atomic E-state index is 0.200. The molecule has 0 aliphatic rings. The van der Waals surface area contributed by atoms with Crippen molar-refractivity contribution in [2.24, 2.45) is 0 Å². The Morgan fingerprint density at radius 3 is 2.38 bits per heavy atom. The van der Waals surface area contributed by atoms with Gasteiger partial charge in [0.25, 0.3) is 5.91 Å². The van der Waals surface area contributed by atoms with E-state index in [2.05, 4.69) is 5.32 Å². The van der Waals surface area contributed by atoms with E-state index in [9.17, 15) is 9.59 Å². The molecule has 0 saturated heterocycles. The number of benzene rings is 2. The predicted molar refractivity (Wildman–Crippen MR) is 92.3 cm³/mol. The zero-order chi connectivity index (χ0) is 17.5. The topological polar surface area (TPSA) is 64.6 Å². The van der Waals surface area contributed by atoms with Crippen molar-refractivity contribution in [2.45, 2.75) is 26.9 Å². The maximum Gasteiger partial charge on any atom is 0.347 e. The first-order valence-electron chi connectivity index (χ1n) is 7.81. The molecule has 5 nitrogen and oxygen atoms in total. The largest absolute Gasteiger partial charge is 0.479 e. The minimum Gasteiger partial charge on any atom is -0.479 e. The van der Waals surface area contributed by atoms with Crippen molar-refractivity contribution in [3.63, 3.8) is 0 Å². The van der Waals surface area contributed by atoms with Gasteiger partial charge >= 0.3 is 5.97 Å². The molecular formula is C19H21NO4. The Kier molecular flexibility index (Phi) is 5.95. The van der Waals surface area contributed by atoms with Crippen molar-refractivity contribution in [3.05, 3.63) is 59.7 Å². The monoisotopic (exact) mass is 327 g/mol. The third-order valence-electron chi connectivity index (χ3n) is 3.44. The molecule has 2 aromatic rings. The average molecular weight is 327 g/mol. The molecule has 0 aromatic heterocycles. The highest BCUT2D eigenvalue weighted by atomic mass is 16.6. The third kappa shape index (κ3) is 4.59. The van der Waals surface area contributed by atoms with E-state index < -0.39 is 12.1 Å². The van der Waals surface area contributed by atoms with Crippen LogP contribution in [0.4, 0.5) is 5.69 Å². The van der Waals surface area contributed by atoms with Gasteiger partial charge in [-0.2, -0.15) is 0 Å². The van der Waals surface area contributed by atoms with Gasteiger partial charge in [-0.3, -0.25) is 4.79 Å². The summed E-state index contributed by atoms with van der Waals surface area (Å²) in [4.78, 5) is 23.8. The number of hydrogen-bond acceptors (Lipinski definition) is 4. The lowest BCUT2D eigenvalue weighted by Gasteiger charge is -2.13. The first-order chi connectivity index (χ1) is 11.5. The van der Waals surface area contributed by atoms with Crippen LogP contribution in [0.5, 0.6) is 5.75 Å². The van der Waals surface area contributed by atoms with E-state index in [0.29, 0.717) is 17.9 Å². The molecule has 5 heteroatoms. The first-order valence-corrected chi connectivity index (χ1v) is 7.81. The van der Waals surface area contributed by atoms with E-state index >= 15 is 0 Å². The molecule has 0 fully saturated rings. The smallest absolute Gasteiger partial charge is 0.347 e. The van der Waals surface area contributed by atoms with Gasteiger partial charge in [-0.1, -0.05) is 18.2 Å². The third-order valence-corrected chi connectivity index (χ3v) is 3.44. The minimum atomic E-state index is -0.698. The summed E-state index contributed by atoms with van der Waals surface area (Å²) in [5, 5.41) is 2.87. The highest BCUT2D eigenvalue weighted by molar-refractivity contribution is 6.04. The summed E-state index contributed by atoms with van der Waals surface area (Å²) < 4.78 is 10.4. The summed E-state index contributed by atoms with van der Waals surface area (Å²) in [7, 11) is 0. The fraction of sp³-hybridized carbons (Fsp3) is 0.263. The van der Waals surface area contributed by atoms with Crippen molar-refractivity contribution in [1.29, 1.82) is 0 Å². The second kappa shape index (κ2) is 8.15. The van der Waals surface area contributed by atoms with Crippen LogP contribution in [-0.2, 0) is 9.53 Å². The van der Waals surface area contributed by atoms with Crippen molar-refractivity contribution in [1.82, 2.24) is 0 Å². The van der Waals surface area contributed by atoms with E-state index in [1.807, 2.05) is 31.2 Å². The van der Waals surface area contributed by atoms with Gasteiger partial charge in [0.05, 0.1) is 6.61 Å². The van der Waals surface area contributed by atoms with Crippen LogP contribution in [0, 0.1) is 6.92 Å². The number of para-hydroxylation sites is 1. The van der Waals surface area contributed by atoms with Crippen LogP contribution in [0.25, 0.3) is 0 Å². The second-order valence-electron chi connectivity index (χ2n) is 5.31. The van der Waals surface area contributed by atoms with Crippen molar-refractivity contribution in [2.75, 3.05) is 11.9 Å². The van der Waals surface area contributed by atoms with E-state index in [0.717, 1.165) is 11.3 Å². The summed E-state index contributed by atoms with van der Waals surface area (Å²) in [6.07, 6.45) is -0.698. The van der Waals surface area contributed by atoms with Gasteiger partial charge < -0.3 is 14.8 Å². The Morgan fingerprint density at radius 1 is 1.08 bits per heavy atom. The van der Waals surface area contributed by atoms with Crippen LogP contribution in [-0.4, -0.2) is 24.6 Å². The average Bonchev–Trinajstić information content (AvgIpc) is 2.57. The van der Waals surface area contributed by atoms with Crippen LogP contribution < -0.4 is 10.1 Å². The fourth-order valence-electron chi connectivity index (χ4n) is 2.10. The Hall–Kier alpha value is -2.82. The molecule has 0 bridgehead atoms. The normalized spacial score (nSPS) is 11.5. The van der Waals surface area contributed by atoms with E-state index in [1.54, 1.807) is 38.1 Å². The van der Waals surface area contributed by atoms with E-state index in [1.165, 1.54) is 0 Å². The number of aryl methyl sites for hydroxylation is 1. The number of ether oxygens (including phenoxy) is 2. The van der Waals surface area contributed by atoms with Crippen LogP contribution in [0.15, 0.2) is 48.5 Å². The molecule has 1 N–H and O–H groups in total. The second-order valence-corrected chi connectivity index (χ2v) is 5.31. The summed E-state index contributed by atoms with van der Waals surface area (Å²) in [5.41, 5.74) is 2.28. The van der Waals surface area contributed by atoms with Crippen LogP contribution in [0.1, 0.15) is 29.8 Å². The van der Waals surface area contributed by atoms with Crippen molar-refractivity contribution in [3.8, 4) is 5.75 Å². The number of nitrogens with one attached hydrogen (secondary N) is 1. The van der Waals surface area contributed by atoms with Gasteiger partial charge in [-0.05, 0) is 56.7 Å². The lowest BCUT2D eigenvalue weighted by Crippen LogP contribution is -2.26. The van der Waals surface area contributed by atoms with Gasteiger partial charge in [0, 0.05) is 11.3 Å². The zero-order valence-electron chi connectivity index (χ0n) is 14.0. The number of anilines is 1. The Morgan fingerprint density at radius 2 is 1.75 bits per heavy atom. The maximum atomic E-state index is 12.3. The summed E-state index contributed by atoms with van der Waals surface area (Å²) in [6.45, 7) is 5.61. The molecule has 0 aliphatic heterocycles. The van der Waals surface area contributed by atoms with Gasteiger partial charge in [0.1, 0.15) is 5.75 Å². The van der Waals surface area contributed by atoms with Crippen LogP contribution in [0.3, 0.4) is 0 Å². The molecule has 1 amide bonds. The maximum absolute atomic E-state index is 12.3. The molecule has 0 aliphatic carbocycles. The van der Waals surface area contributed by atoms with Gasteiger partial charge in [-0.15, -0.1) is 0 Å². The molecule has 126 valence electrons. The number of hydrogen-bond donors (Lipinski definition) is 1. The number of esters is 1. The molecular weight excluding hydrogens is 306 g/mol. The molecule has 1 atom stereocenters. The molecule has 0 unspecified atom stereocenters. The SMILES string of the molecule is CCOC(=O)[C@@H](C)Oc1ccc(C(=O)Nc2ccccc2C)cc1. The van der Waals surface area contributed by atoms with E-state index in [-0.39, 0.29) is 5.91 Å². The zero-order valence-corrected chi connectivity index (χ0v) is 14.0. The first kappa shape index (κ1) is 17.5.